The van der Waals surface area contributed by atoms with Crippen LogP contribution in [0.2, 0.25) is 0 Å². The standard InChI is InChI=1S/C13H19NO2/c1-3-5-6-7-8-9-10-12(11-14)13(15)16-4-2/h3,8-9,12H,1,4-7,10H2,2H3. The Hall–Kier alpha value is -1.56. The number of hydrogen-bond acceptors (Lipinski definition) is 3. The number of nitrogens with zero attached hydrogens (tertiary/aromatic N) is 1. The summed E-state index contributed by atoms with van der Waals surface area (Å²) >= 11 is 0. The van der Waals surface area contributed by atoms with Crippen LogP contribution in [0, 0.1) is 17.2 Å². The highest BCUT2D eigenvalue weighted by Gasteiger charge is 2.16. The van der Waals surface area contributed by atoms with Gasteiger partial charge in [-0.25, -0.2) is 0 Å². The summed E-state index contributed by atoms with van der Waals surface area (Å²) in [5.41, 5.74) is 0. The van der Waals surface area contributed by atoms with Gasteiger partial charge >= 0.3 is 5.97 Å². The van der Waals surface area contributed by atoms with Crippen molar-refractivity contribution >= 4 is 5.97 Å². The van der Waals surface area contributed by atoms with Gasteiger partial charge < -0.3 is 4.74 Å². The van der Waals surface area contributed by atoms with Crippen molar-refractivity contribution in [3.63, 3.8) is 0 Å². The van der Waals surface area contributed by atoms with Crippen LogP contribution in [0.4, 0.5) is 0 Å². The number of nitriles is 1. The van der Waals surface area contributed by atoms with Crippen LogP contribution in [-0.4, -0.2) is 12.6 Å². The van der Waals surface area contributed by atoms with Gasteiger partial charge in [-0.3, -0.25) is 4.79 Å². The summed E-state index contributed by atoms with van der Waals surface area (Å²) in [4.78, 5) is 11.2. The predicted molar refractivity (Wildman–Crippen MR) is 63.5 cm³/mol. The molecule has 0 saturated heterocycles. The van der Waals surface area contributed by atoms with E-state index in [9.17, 15) is 4.79 Å². The van der Waals surface area contributed by atoms with Gasteiger partial charge in [-0.1, -0.05) is 18.2 Å². The Morgan fingerprint density at radius 3 is 2.81 bits per heavy atom. The summed E-state index contributed by atoms with van der Waals surface area (Å²) in [7, 11) is 0. The lowest BCUT2D eigenvalue weighted by molar-refractivity contribution is -0.145. The van der Waals surface area contributed by atoms with Gasteiger partial charge in [0.05, 0.1) is 12.7 Å². The van der Waals surface area contributed by atoms with Crippen LogP contribution in [0.5, 0.6) is 0 Å². The Bertz CT molecular complexity index is 276. The number of rotatable bonds is 8. The molecule has 1 unspecified atom stereocenters. The number of unbranched alkanes of at least 4 members (excludes halogenated alkanes) is 2. The lowest BCUT2D eigenvalue weighted by Crippen LogP contribution is -2.15. The maximum Gasteiger partial charge on any atom is 0.323 e. The Morgan fingerprint density at radius 1 is 1.50 bits per heavy atom. The quantitative estimate of drug-likeness (QED) is 0.359. The van der Waals surface area contributed by atoms with Crippen LogP contribution in [-0.2, 0) is 9.53 Å². The van der Waals surface area contributed by atoms with Gasteiger partial charge in [0, 0.05) is 0 Å². The molecule has 0 fully saturated rings. The van der Waals surface area contributed by atoms with Crippen LogP contribution >= 0.6 is 0 Å². The molecule has 0 spiro atoms. The van der Waals surface area contributed by atoms with Gasteiger partial charge in [0.1, 0.15) is 5.92 Å². The topological polar surface area (TPSA) is 50.1 Å². The maximum absolute atomic E-state index is 11.2. The van der Waals surface area contributed by atoms with E-state index in [4.69, 9.17) is 10.00 Å². The van der Waals surface area contributed by atoms with E-state index >= 15 is 0 Å². The normalized spacial score (nSPS) is 12.0. The van der Waals surface area contributed by atoms with Gasteiger partial charge in [0.15, 0.2) is 0 Å². The van der Waals surface area contributed by atoms with Gasteiger partial charge in [-0.05, 0) is 32.6 Å². The van der Waals surface area contributed by atoms with E-state index < -0.39 is 11.9 Å². The van der Waals surface area contributed by atoms with Gasteiger partial charge in [-0.15, -0.1) is 6.58 Å². The van der Waals surface area contributed by atoms with E-state index in [1.54, 1.807) is 6.92 Å². The second-order valence-corrected chi connectivity index (χ2v) is 3.36. The van der Waals surface area contributed by atoms with Crippen LogP contribution in [0.15, 0.2) is 24.8 Å². The average Bonchev–Trinajstić information content (AvgIpc) is 2.28. The molecule has 3 nitrogen and oxygen atoms in total. The van der Waals surface area contributed by atoms with E-state index in [0.29, 0.717) is 13.0 Å². The van der Waals surface area contributed by atoms with Crippen molar-refractivity contribution < 1.29 is 9.53 Å². The average molecular weight is 221 g/mol. The second kappa shape index (κ2) is 9.97. The van der Waals surface area contributed by atoms with Gasteiger partial charge in [-0.2, -0.15) is 5.26 Å². The molecule has 0 amide bonds. The van der Waals surface area contributed by atoms with Crippen molar-refractivity contribution in [2.45, 2.75) is 32.6 Å². The fraction of sp³-hybridized carbons (Fsp3) is 0.538. The summed E-state index contributed by atoms with van der Waals surface area (Å²) in [5.74, 6) is -1.10. The molecule has 3 heteroatoms. The van der Waals surface area contributed by atoms with E-state index in [0.717, 1.165) is 19.3 Å². The largest absolute Gasteiger partial charge is 0.465 e. The SMILES string of the molecule is C=CCCCC=CCC(C#N)C(=O)OCC. The van der Waals surface area contributed by atoms with E-state index in [2.05, 4.69) is 6.58 Å². The zero-order valence-electron chi connectivity index (χ0n) is 9.82. The molecule has 0 aliphatic rings. The minimum Gasteiger partial charge on any atom is -0.465 e. The van der Waals surface area contributed by atoms with Crippen LogP contribution < -0.4 is 0 Å². The van der Waals surface area contributed by atoms with Crippen molar-refractivity contribution in [1.29, 1.82) is 5.26 Å². The fourth-order valence-electron chi connectivity index (χ4n) is 1.17. The smallest absolute Gasteiger partial charge is 0.323 e. The molecular weight excluding hydrogens is 202 g/mol. The van der Waals surface area contributed by atoms with Crippen molar-refractivity contribution in [2.75, 3.05) is 6.61 Å². The fourth-order valence-corrected chi connectivity index (χ4v) is 1.17. The Morgan fingerprint density at radius 2 is 2.25 bits per heavy atom. The molecule has 0 aromatic rings. The van der Waals surface area contributed by atoms with Crippen LogP contribution in [0.3, 0.4) is 0 Å². The summed E-state index contributed by atoms with van der Waals surface area (Å²) < 4.78 is 4.78. The molecule has 0 aliphatic heterocycles. The molecule has 0 heterocycles. The highest BCUT2D eigenvalue weighted by atomic mass is 16.5. The zero-order valence-corrected chi connectivity index (χ0v) is 9.82. The summed E-state index contributed by atoms with van der Waals surface area (Å²) in [6.07, 6.45) is 9.17. The third kappa shape index (κ3) is 6.83. The molecule has 88 valence electrons. The van der Waals surface area contributed by atoms with Crippen molar-refractivity contribution in [3.8, 4) is 6.07 Å². The molecule has 0 rings (SSSR count). The lowest BCUT2D eigenvalue weighted by atomic mass is 10.1. The third-order valence-corrected chi connectivity index (χ3v) is 2.04. The minimum atomic E-state index is -0.671. The van der Waals surface area contributed by atoms with E-state index in [1.807, 2.05) is 24.3 Å². The Kier molecular flexibility index (Phi) is 9.00. The molecule has 0 bridgehead atoms. The lowest BCUT2D eigenvalue weighted by Gasteiger charge is -2.04. The first-order chi connectivity index (χ1) is 7.76. The number of ether oxygens (including phenoxy) is 1. The predicted octanol–water partition coefficient (Wildman–Crippen LogP) is 2.99. The molecular formula is C13H19NO2. The first kappa shape index (κ1) is 14.4. The Labute approximate surface area is 97.4 Å². The van der Waals surface area contributed by atoms with E-state index in [-0.39, 0.29) is 0 Å². The first-order valence-corrected chi connectivity index (χ1v) is 5.58. The number of carbonyl (C=O) groups excluding carboxylic acids is 1. The first-order valence-electron chi connectivity index (χ1n) is 5.58. The number of allylic oxidation sites excluding steroid dienone is 3. The third-order valence-electron chi connectivity index (χ3n) is 2.04. The number of hydrogen-bond donors (Lipinski definition) is 0. The van der Waals surface area contributed by atoms with Crippen molar-refractivity contribution in [2.24, 2.45) is 5.92 Å². The molecule has 0 aromatic carbocycles. The highest BCUT2D eigenvalue weighted by molar-refractivity contribution is 5.75. The highest BCUT2D eigenvalue weighted by Crippen LogP contribution is 2.07. The molecule has 1 atom stereocenters. The van der Waals surface area contributed by atoms with E-state index in [1.165, 1.54) is 0 Å². The van der Waals surface area contributed by atoms with Gasteiger partial charge in [0.2, 0.25) is 0 Å². The molecule has 16 heavy (non-hydrogen) atoms. The van der Waals surface area contributed by atoms with Gasteiger partial charge in [0.25, 0.3) is 0 Å². The van der Waals surface area contributed by atoms with Crippen molar-refractivity contribution in [3.05, 3.63) is 24.8 Å². The monoisotopic (exact) mass is 221 g/mol. The molecule has 0 aliphatic carbocycles. The summed E-state index contributed by atoms with van der Waals surface area (Å²) in [5, 5.41) is 8.77. The molecule has 0 radical (unpaired) electrons. The summed E-state index contributed by atoms with van der Waals surface area (Å²) in [6, 6.07) is 1.95. The zero-order chi connectivity index (χ0) is 12.2. The van der Waals surface area contributed by atoms with Crippen molar-refractivity contribution in [1.82, 2.24) is 0 Å². The second-order valence-electron chi connectivity index (χ2n) is 3.36. The maximum atomic E-state index is 11.2. The molecule has 0 aromatic heterocycles. The number of carbonyl (C=O) groups is 1. The number of esters is 1. The summed E-state index contributed by atoms with van der Waals surface area (Å²) in [6.45, 7) is 5.69. The van der Waals surface area contributed by atoms with Crippen LogP contribution in [0.25, 0.3) is 0 Å². The molecule has 0 saturated carbocycles. The Balaban J connectivity index is 3.82. The minimum absolute atomic E-state index is 0.320. The van der Waals surface area contributed by atoms with Crippen LogP contribution in [0.1, 0.15) is 32.6 Å². The molecule has 0 N–H and O–H groups in total.